The lowest BCUT2D eigenvalue weighted by atomic mass is 10.9. The van der Waals surface area contributed by atoms with Crippen molar-refractivity contribution in [1.82, 2.24) is 26.0 Å². The van der Waals surface area contributed by atoms with Crippen LogP contribution in [0.5, 0.6) is 0 Å². The van der Waals surface area contributed by atoms with Gasteiger partial charge in [-0.3, -0.25) is 0 Å². The molecule has 18 heteroatoms. The Morgan fingerprint density at radius 1 is 0.333 bits per heavy atom. The Kier molecular flexibility index (Phi) is 6.06. The van der Waals surface area contributed by atoms with Gasteiger partial charge in [-0.25, -0.2) is 27.4 Å². The molecule has 6 aromatic heterocycles. The van der Waals surface area contributed by atoms with Crippen molar-refractivity contribution in [1.29, 1.82) is 0 Å². The predicted molar refractivity (Wildman–Crippen MR) is 154 cm³/mol. The second kappa shape index (κ2) is 9.49. The van der Waals surface area contributed by atoms with E-state index in [-0.39, 0.29) is 0 Å². The van der Waals surface area contributed by atoms with Crippen molar-refractivity contribution in [2.75, 3.05) is 0 Å². The standard InChI is InChI=1S/C24H36N15P3/c1-28-7-13-34(19-28)40(35-14-8-29(2)20-35)25-41(36-15-9-30(3)21-36,37-16-10-31(4)22-37)27-42(26-40,38-17-11-32(5)23-38)39-18-12-33(6)24-39/h7-24H,1-6H3/q+6. The van der Waals surface area contributed by atoms with Gasteiger partial charge in [0.2, 0.25) is 0 Å². The van der Waals surface area contributed by atoms with Crippen molar-refractivity contribution in [3.05, 3.63) is 112 Å². The summed E-state index contributed by atoms with van der Waals surface area (Å²) < 4.78 is 43.1. The maximum absolute atomic E-state index is 5.91. The molecule has 0 fully saturated rings. The normalized spacial score (nSPS) is 17.0. The van der Waals surface area contributed by atoms with Crippen molar-refractivity contribution >= 4 is 22.5 Å². The Labute approximate surface area is 243 Å². The highest BCUT2D eigenvalue weighted by Gasteiger charge is 2.57. The smallest absolute Gasteiger partial charge is 0.239 e. The number of nitrogens with zero attached hydrogens (tertiary/aromatic N) is 15. The van der Waals surface area contributed by atoms with Crippen molar-refractivity contribution < 1.29 is 27.4 Å². The van der Waals surface area contributed by atoms with E-state index in [0.717, 1.165) is 0 Å². The second-order valence-corrected chi connectivity index (χ2v) is 18.8. The highest BCUT2D eigenvalue weighted by atomic mass is 31.3. The summed E-state index contributed by atoms with van der Waals surface area (Å²) in [4.78, 5) is 0. The van der Waals surface area contributed by atoms with Crippen molar-refractivity contribution in [3.63, 3.8) is 0 Å². The summed E-state index contributed by atoms with van der Waals surface area (Å²) in [5, 5.41) is 0. The van der Waals surface area contributed by atoms with Crippen molar-refractivity contribution in [2.45, 2.75) is 0 Å². The first-order valence-electron chi connectivity index (χ1n) is 13.3. The Morgan fingerprint density at radius 2 is 0.500 bits per heavy atom. The van der Waals surface area contributed by atoms with Crippen LogP contribution in [0, 0.1) is 0 Å². The largest absolute Gasteiger partial charge is 0.459 e. The Bertz CT molecular complexity index is 1740. The van der Waals surface area contributed by atoms with Crippen LogP contribution in [0.4, 0.5) is 0 Å². The molecule has 0 spiro atoms. The van der Waals surface area contributed by atoms with E-state index in [2.05, 4.69) is 101 Å². The van der Waals surface area contributed by atoms with Crippen LogP contribution in [0.15, 0.2) is 126 Å². The van der Waals surface area contributed by atoms with Crippen LogP contribution < -0.4 is 27.4 Å². The third kappa shape index (κ3) is 4.06. The summed E-state index contributed by atoms with van der Waals surface area (Å²) in [7, 11) is 3.17. The Morgan fingerprint density at radius 3 is 0.619 bits per heavy atom. The van der Waals surface area contributed by atoms with Crippen LogP contribution in [-0.2, 0) is 42.3 Å². The second-order valence-electron chi connectivity index (χ2n) is 10.6. The van der Waals surface area contributed by atoms with Crippen LogP contribution >= 0.6 is 22.5 Å². The van der Waals surface area contributed by atoms with E-state index in [9.17, 15) is 0 Å². The van der Waals surface area contributed by atoms with E-state index in [4.69, 9.17) is 13.5 Å². The minimum absolute atomic E-state index is 2.03. The summed E-state index contributed by atoms with van der Waals surface area (Å²) in [5.74, 6) is 0. The number of imidazole rings is 6. The molecule has 0 N–H and O–H groups in total. The number of rotatable bonds is 6. The van der Waals surface area contributed by atoms with Gasteiger partial charge in [-0.2, -0.15) is 26.0 Å². The van der Waals surface area contributed by atoms with Gasteiger partial charge in [0.05, 0.1) is 42.3 Å². The average molecular weight is 628 g/mol. The first kappa shape index (κ1) is 26.8. The van der Waals surface area contributed by atoms with Gasteiger partial charge in [0.25, 0.3) is 38.0 Å². The summed E-state index contributed by atoms with van der Waals surface area (Å²) in [6.07, 6.45) is 37.1. The van der Waals surface area contributed by atoms with Gasteiger partial charge in [-0.15, -0.1) is 0 Å². The molecule has 0 amide bonds. The number of aryl methyl sites for hydroxylation is 6. The maximum atomic E-state index is 5.91. The molecular weight excluding hydrogens is 591 g/mol. The first-order chi connectivity index (χ1) is 20.1. The van der Waals surface area contributed by atoms with Gasteiger partial charge in [-0.05, 0) is 0 Å². The lowest BCUT2D eigenvalue weighted by Gasteiger charge is -2.24. The van der Waals surface area contributed by atoms with Gasteiger partial charge < -0.3 is 0 Å². The van der Waals surface area contributed by atoms with Gasteiger partial charge in [0, 0.05) is 0 Å². The van der Waals surface area contributed by atoms with Crippen molar-refractivity contribution in [3.8, 4) is 0 Å². The fourth-order valence-electron chi connectivity index (χ4n) is 5.02. The molecule has 7 heterocycles. The maximum Gasteiger partial charge on any atom is 0.459 e. The Hall–Kier alpha value is -4.05. The lowest BCUT2D eigenvalue weighted by Crippen LogP contribution is -2.26. The SMILES string of the molecule is C[n+]1ccn(P2(n3cc[n+](C)c3)=NP(n3cc[n+](C)c3)(n3cc[n+](C)c3)=NP(n3cc[n+](C)c3)(n3cc[n+](C)c3)=N2)c1. The summed E-state index contributed by atoms with van der Waals surface area (Å²) in [6, 6.07) is 0. The predicted octanol–water partition coefficient (Wildman–Crippen LogP) is 0.884. The van der Waals surface area contributed by atoms with Gasteiger partial charge in [-0.1, -0.05) is 13.5 Å². The zero-order valence-electron chi connectivity index (χ0n) is 24.4. The molecule has 0 saturated heterocycles. The van der Waals surface area contributed by atoms with E-state index in [1.165, 1.54) is 0 Å². The molecule has 0 aliphatic carbocycles. The van der Waals surface area contributed by atoms with Crippen LogP contribution in [0.2, 0.25) is 0 Å². The molecule has 1 aliphatic heterocycles. The molecule has 6 aromatic rings. The van der Waals surface area contributed by atoms with Gasteiger partial charge in [0.1, 0.15) is 74.4 Å². The molecular formula is C24H36N15P3+6. The fourth-order valence-corrected chi connectivity index (χ4v) is 18.7. The number of aromatic nitrogens is 12. The summed E-state index contributed by atoms with van der Waals surface area (Å²) in [6.45, 7) is 0. The zero-order valence-corrected chi connectivity index (χ0v) is 27.1. The van der Waals surface area contributed by atoms with Crippen LogP contribution in [0.25, 0.3) is 0 Å². The van der Waals surface area contributed by atoms with E-state index in [1.54, 1.807) is 0 Å². The highest BCUT2D eigenvalue weighted by molar-refractivity contribution is 7.84. The zero-order chi connectivity index (χ0) is 29.3. The van der Waals surface area contributed by atoms with Crippen molar-refractivity contribution in [2.24, 2.45) is 55.8 Å². The molecule has 0 aromatic carbocycles. The molecule has 0 atom stereocenters. The third-order valence-corrected chi connectivity index (χ3v) is 18.0. The van der Waals surface area contributed by atoms with E-state index in [1.807, 2.05) is 107 Å². The molecule has 0 saturated carbocycles. The molecule has 7 rings (SSSR count). The van der Waals surface area contributed by atoms with Gasteiger partial charge >= 0.3 is 22.5 Å². The molecule has 1 aliphatic rings. The highest BCUT2D eigenvalue weighted by Crippen LogP contribution is 2.79. The molecule has 0 bridgehead atoms. The molecule has 0 radical (unpaired) electrons. The Balaban J connectivity index is 1.79. The average Bonchev–Trinajstić information content (AvgIpc) is 3.78. The molecule has 42 heavy (non-hydrogen) atoms. The fraction of sp³-hybridized carbons (Fsp3) is 0.250. The summed E-state index contributed by atoms with van der Waals surface area (Å²) in [5.41, 5.74) is 0. The minimum atomic E-state index is -2.99. The molecule has 0 unspecified atom stereocenters. The number of hydrogen-bond donors (Lipinski definition) is 0. The number of hydrogen-bond acceptors (Lipinski definition) is 3. The van der Waals surface area contributed by atoms with Crippen LogP contribution in [0.1, 0.15) is 0 Å². The van der Waals surface area contributed by atoms with E-state index in [0.29, 0.717) is 0 Å². The molecule has 216 valence electrons. The monoisotopic (exact) mass is 627 g/mol. The quantitative estimate of drug-likeness (QED) is 0.194. The van der Waals surface area contributed by atoms with Crippen LogP contribution in [-0.4, -0.2) is 26.0 Å². The third-order valence-electron chi connectivity index (χ3n) is 7.11. The molecule has 15 nitrogen and oxygen atoms in total. The topological polar surface area (TPSA) is 89.9 Å². The van der Waals surface area contributed by atoms with Crippen LogP contribution in [0.3, 0.4) is 0 Å². The first-order valence-corrected chi connectivity index (χ1v) is 18.1. The summed E-state index contributed by atoms with van der Waals surface area (Å²) >= 11 is 0. The van der Waals surface area contributed by atoms with E-state index < -0.39 is 22.5 Å². The van der Waals surface area contributed by atoms with Gasteiger partial charge in [0.15, 0.2) is 0 Å². The lowest BCUT2D eigenvalue weighted by molar-refractivity contribution is -0.670. The minimum Gasteiger partial charge on any atom is -0.239 e. The van der Waals surface area contributed by atoms with E-state index >= 15 is 0 Å².